The van der Waals surface area contributed by atoms with Crippen molar-refractivity contribution in [3.05, 3.63) is 23.8 Å². The number of benzene rings is 1. The number of carbonyl (C=O) groups is 2. The maximum atomic E-state index is 12.3. The van der Waals surface area contributed by atoms with Crippen molar-refractivity contribution < 1.29 is 19.1 Å². The van der Waals surface area contributed by atoms with Crippen LogP contribution in [0.1, 0.15) is 42.5 Å². The second-order valence-electron chi connectivity index (χ2n) is 5.43. The lowest BCUT2D eigenvalue weighted by Crippen LogP contribution is -2.36. The predicted octanol–water partition coefficient (Wildman–Crippen LogP) is 1.62. The average molecular weight is 306 g/mol. The molecule has 1 saturated carbocycles. The zero-order valence-corrected chi connectivity index (χ0v) is 12.8. The molecule has 120 valence electrons. The van der Waals surface area contributed by atoms with E-state index in [0.717, 1.165) is 25.7 Å². The maximum absolute atomic E-state index is 12.3. The summed E-state index contributed by atoms with van der Waals surface area (Å²) in [7, 11) is 1.48. The summed E-state index contributed by atoms with van der Waals surface area (Å²) in [6.07, 6.45) is 5.62. The first-order valence-corrected chi connectivity index (χ1v) is 7.50. The Morgan fingerprint density at radius 2 is 1.95 bits per heavy atom. The molecule has 0 aliphatic heterocycles. The molecule has 0 bridgehead atoms. The van der Waals surface area contributed by atoms with Gasteiger partial charge in [-0.05, 0) is 31.0 Å². The summed E-state index contributed by atoms with van der Waals surface area (Å²) in [5.41, 5.74) is 5.55. The molecular formula is C16H22N2O4. The number of hydrogen-bond donors (Lipinski definition) is 2. The number of carbonyl (C=O) groups excluding carboxylic acids is 2. The smallest absolute Gasteiger partial charge is 0.255 e. The molecular weight excluding hydrogens is 284 g/mol. The lowest BCUT2D eigenvalue weighted by atomic mass is 9.95. The van der Waals surface area contributed by atoms with Crippen molar-refractivity contribution in [2.45, 2.75) is 38.1 Å². The van der Waals surface area contributed by atoms with E-state index in [-0.39, 0.29) is 18.6 Å². The van der Waals surface area contributed by atoms with Gasteiger partial charge in [0.25, 0.3) is 11.8 Å². The number of ether oxygens (including phenoxy) is 2. The zero-order chi connectivity index (χ0) is 15.9. The predicted molar refractivity (Wildman–Crippen MR) is 82.0 cm³/mol. The fourth-order valence-electron chi connectivity index (χ4n) is 2.59. The lowest BCUT2D eigenvalue weighted by Gasteiger charge is -2.23. The number of hydrogen-bond acceptors (Lipinski definition) is 4. The number of amides is 2. The van der Waals surface area contributed by atoms with E-state index >= 15 is 0 Å². The van der Waals surface area contributed by atoms with Crippen molar-refractivity contribution in [3.63, 3.8) is 0 Å². The summed E-state index contributed by atoms with van der Waals surface area (Å²) in [6.45, 7) is -0.232. The van der Waals surface area contributed by atoms with E-state index in [4.69, 9.17) is 15.2 Å². The lowest BCUT2D eigenvalue weighted by molar-refractivity contribution is -0.119. The zero-order valence-electron chi connectivity index (χ0n) is 12.8. The highest BCUT2D eigenvalue weighted by Crippen LogP contribution is 2.28. The molecule has 1 aliphatic carbocycles. The van der Waals surface area contributed by atoms with E-state index in [0.29, 0.717) is 17.1 Å². The number of rotatable bonds is 6. The Hall–Kier alpha value is -2.24. The Labute approximate surface area is 130 Å². The van der Waals surface area contributed by atoms with Crippen molar-refractivity contribution >= 4 is 11.8 Å². The van der Waals surface area contributed by atoms with Crippen molar-refractivity contribution in [1.29, 1.82) is 0 Å². The summed E-state index contributed by atoms with van der Waals surface area (Å²) in [4.78, 5) is 23.0. The van der Waals surface area contributed by atoms with Crippen LogP contribution in [0, 0.1) is 0 Å². The molecule has 0 saturated heterocycles. The van der Waals surface area contributed by atoms with E-state index in [9.17, 15) is 9.59 Å². The second-order valence-corrected chi connectivity index (χ2v) is 5.43. The normalized spacial score (nSPS) is 15.1. The first-order valence-electron chi connectivity index (χ1n) is 7.50. The molecule has 2 rings (SSSR count). The summed E-state index contributed by atoms with van der Waals surface area (Å²) < 4.78 is 10.4. The van der Waals surface area contributed by atoms with Gasteiger partial charge in [-0.2, -0.15) is 0 Å². The Bertz CT molecular complexity index is 539. The van der Waals surface area contributed by atoms with Gasteiger partial charge in [-0.1, -0.05) is 19.3 Å². The monoisotopic (exact) mass is 306 g/mol. The first kappa shape index (κ1) is 16.1. The second kappa shape index (κ2) is 7.68. The topological polar surface area (TPSA) is 90.7 Å². The molecule has 1 fully saturated rings. The third kappa shape index (κ3) is 4.38. The first-order chi connectivity index (χ1) is 10.6. The van der Waals surface area contributed by atoms with Crippen molar-refractivity contribution in [1.82, 2.24) is 5.32 Å². The molecule has 6 nitrogen and oxygen atoms in total. The molecule has 0 heterocycles. The minimum atomic E-state index is -0.568. The highest BCUT2D eigenvalue weighted by molar-refractivity contribution is 5.95. The minimum Gasteiger partial charge on any atom is -0.493 e. The van der Waals surface area contributed by atoms with Gasteiger partial charge in [0.2, 0.25) is 0 Å². The molecule has 0 atom stereocenters. The minimum absolute atomic E-state index is 0.119. The van der Waals surface area contributed by atoms with Crippen LogP contribution < -0.4 is 20.5 Å². The van der Waals surface area contributed by atoms with Gasteiger partial charge in [0.15, 0.2) is 18.1 Å². The summed E-state index contributed by atoms with van der Waals surface area (Å²) >= 11 is 0. The largest absolute Gasteiger partial charge is 0.493 e. The molecule has 3 N–H and O–H groups in total. The highest BCUT2D eigenvalue weighted by Gasteiger charge is 2.18. The van der Waals surface area contributed by atoms with Crippen LogP contribution >= 0.6 is 0 Å². The number of nitrogens with one attached hydrogen (secondary N) is 1. The summed E-state index contributed by atoms with van der Waals surface area (Å²) in [5.74, 6) is 0.0980. The van der Waals surface area contributed by atoms with E-state index in [1.54, 1.807) is 18.2 Å². The van der Waals surface area contributed by atoms with E-state index in [2.05, 4.69) is 5.32 Å². The van der Waals surface area contributed by atoms with Gasteiger partial charge in [-0.25, -0.2) is 0 Å². The molecule has 22 heavy (non-hydrogen) atoms. The quantitative estimate of drug-likeness (QED) is 0.835. The van der Waals surface area contributed by atoms with E-state index in [1.165, 1.54) is 13.5 Å². The van der Waals surface area contributed by atoms with Crippen LogP contribution in [0.25, 0.3) is 0 Å². The molecule has 1 aromatic rings. The Morgan fingerprint density at radius 1 is 1.23 bits per heavy atom. The van der Waals surface area contributed by atoms with Crippen LogP contribution in [0.5, 0.6) is 11.5 Å². The van der Waals surface area contributed by atoms with Crippen LogP contribution in [-0.4, -0.2) is 31.6 Å². The maximum Gasteiger partial charge on any atom is 0.255 e. The SMILES string of the molecule is COc1cc(C(=O)NC2CCCCC2)ccc1OCC(N)=O. The molecule has 0 unspecified atom stereocenters. The third-order valence-electron chi connectivity index (χ3n) is 3.74. The molecule has 0 radical (unpaired) electrons. The Morgan fingerprint density at radius 3 is 2.59 bits per heavy atom. The van der Waals surface area contributed by atoms with Gasteiger partial charge in [-0.3, -0.25) is 9.59 Å². The van der Waals surface area contributed by atoms with Crippen molar-refractivity contribution in [2.75, 3.05) is 13.7 Å². The van der Waals surface area contributed by atoms with Crippen LogP contribution in [0.15, 0.2) is 18.2 Å². The fraction of sp³-hybridized carbons (Fsp3) is 0.500. The van der Waals surface area contributed by atoms with Crippen LogP contribution in [0.4, 0.5) is 0 Å². The molecule has 2 amide bonds. The van der Waals surface area contributed by atoms with Crippen molar-refractivity contribution in [2.24, 2.45) is 5.73 Å². The van der Waals surface area contributed by atoms with E-state index in [1.807, 2.05) is 0 Å². The summed E-state index contributed by atoms with van der Waals surface area (Å²) in [6, 6.07) is 5.11. The van der Waals surface area contributed by atoms with Gasteiger partial charge in [0.1, 0.15) is 0 Å². The van der Waals surface area contributed by atoms with Gasteiger partial charge in [0.05, 0.1) is 7.11 Å². The van der Waals surface area contributed by atoms with Crippen LogP contribution in [-0.2, 0) is 4.79 Å². The molecule has 0 aromatic heterocycles. The summed E-state index contributed by atoms with van der Waals surface area (Å²) in [5, 5.41) is 3.05. The average Bonchev–Trinajstić information content (AvgIpc) is 2.53. The molecule has 0 spiro atoms. The van der Waals surface area contributed by atoms with Crippen LogP contribution in [0.2, 0.25) is 0 Å². The number of nitrogens with two attached hydrogens (primary N) is 1. The van der Waals surface area contributed by atoms with Crippen molar-refractivity contribution in [3.8, 4) is 11.5 Å². The van der Waals surface area contributed by atoms with Gasteiger partial charge in [-0.15, -0.1) is 0 Å². The highest BCUT2D eigenvalue weighted by atomic mass is 16.5. The van der Waals surface area contributed by atoms with Crippen LogP contribution in [0.3, 0.4) is 0 Å². The molecule has 6 heteroatoms. The Balaban J connectivity index is 2.04. The fourth-order valence-corrected chi connectivity index (χ4v) is 2.59. The standard InChI is InChI=1S/C16H22N2O4/c1-21-14-9-11(7-8-13(14)22-10-15(17)19)16(20)18-12-5-3-2-4-6-12/h7-9,12H,2-6,10H2,1H3,(H2,17,19)(H,18,20). The van der Waals surface area contributed by atoms with Gasteiger partial charge < -0.3 is 20.5 Å². The number of methoxy groups -OCH3 is 1. The van der Waals surface area contributed by atoms with Gasteiger partial charge >= 0.3 is 0 Å². The third-order valence-corrected chi connectivity index (χ3v) is 3.74. The van der Waals surface area contributed by atoms with Gasteiger partial charge in [0, 0.05) is 11.6 Å². The Kier molecular flexibility index (Phi) is 5.63. The number of primary amides is 1. The molecule has 1 aliphatic rings. The van der Waals surface area contributed by atoms with E-state index < -0.39 is 5.91 Å². The molecule has 1 aromatic carbocycles.